The van der Waals surface area contributed by atoms with Crippen LogP contribution in [0, 0.1) is 20.8 Å². The average molecular weight is 376 g/mol. The van der Waals surface area contributed by atoms with Gasteiger partial charge in [0, 0.05) is 7.14 Å². The van der Waals surface area contributed by atoms with E-state index in [1.807, 2.05) is 0 Å². The molecule has 3 rings (SSSR count). The average Bonchev–Trinajstić information content (AvgIpc) is 3.01. The lowest BCUT2D eigenvalue weighted by Crippen LogP contribution is -2.41. The monoisotopic (exact) mass is 376 g/mol. The van der Waals surface area contributed by atoms with Gasteiger partial charge in [0.25, 0.3) is 6.33 Å². The molecule has 0 aliphatic carbocycles. The van der Waals surface area contributed by atoms with Gasteiger partial charge in [-0.1, -0.05) is 35.9 Å². The summed E-state index contributed by atoms with van der Waals surface area (Å²) in [5.74, 6) is 0. The van der Waals surface area contributed by atoms with Crippen LogP contribution in [0.25, 0.3) is 5.69 Å². The molecule has 3 aromatic rings. The van der Waals surface area contributed by atoms with Gasteiger partial charge in [-0.3, -0.25) is 0 Å². The van der Waals surface area contributed by atoms with E-state index in [-0.39, 0.29) is 5.16 Å². The van der Waals surface area contributed by atoms with Crippen molar-refractivity contribution in [1.29, 1.82) is 0 Å². The van der Waals surface area contributed by atoms with Crippen molar-refractivity contribution >= 4 is 20.0 Å². The smallest absolute Gasteiger partial charge is 0.205 e. The lowest BCUT2D eigenvalue weighted by Gasteiger charge is -2.34. The molecule has 0 spiro atoms. The molecule has 0 fully saturated rings. The molecule has 0 N–H and O–H groups in total. The molecule has 2 aromatic carbocycles. The Morgan fingerprint density at radius 1 is 1.00 bits per heavy atom. The highest BCUT2D eigenvalue weighted by atomic mass is 31.2. The summed E-state index contributed by atoms with van der Waals surface area (Å²) in [7, 11) is 5.25. The highest BCUT2D eigenvalue weighted by molar-refractivity contribution is 8.03. The van der Waals surface area contributed by atoms with E-state index in [0.717, 1.165) is 6.29 Å². The van der Waals surface area contributed by atoms with Crippen molar-refractivity contribution in [2.45, 2.75) is 53.0 Å². The number of hydrogen-bond donors (Lipinski definition) is 0. The molecule has 4 heteroatoms. The largest absolute Gasteiger partial charge is 0.376 e. The van der Waals surface area contributed by atoms with Gasteiger partial charge < -0.3 is 0 Å². The number of rotatable bonds is 4. The van der Waals surface area contributed by atoms with Crippen LogP contribution in [0.1, 0.15) is 37.5 Å². The van der Waals surface area contributed by atoms with Gasteiger partial charge in [0.15, 0.2) is 6.29 Å². The molecule has 0 saturated heterocycles. The fraction of sp³-hybridized carbons (Fsp3) is 0.348. The van der Waals surface area contributed by atoms with Crippen LogP contribution < -0.4 is 9.87 Å². The molecule has 2 nitrogen and oxygen atoms in total. The van der Waals surface area contributed by atoms with E-state index in [9.17, 15) is 0 Å². The molecule has 0 saturated carbocycles. The first kappa shape index (κ1) is 19.9. The maximum absolute atomic E-state index is 7.14. The van der Waals surface area contributed by atoms with E-state index in [4.69, 9.17) is 7.57 Å². The van der Waals surface area contributed by atoms with Crippen LogP contribution in [-0.2, 0) is 6.29 Å². The lowest BCUT2D eigenvalue weighted by molar-refractivity contribution is -0.677. The Morgan fingerprint density at radius 3 is 2.15 bits per heavy atom. The summed E-state index contributed by atoms with van der Waals surface area (Å²) in [6, 6.07) is 15.1. The number of aryl methyl sites for hydroxylation is 3. The van der Waals surface area contributed by atoms with Gasteiger partial charge >= 0.3 is 7.57 Å². The van der Waals surface area contributed by atoms with Crippen molar-refractivity contribution in [2.24, 2.45) is 0 Å². The standard InChI is InChI=1S/C23H30BN2P/c1-18-14-19(2)22(20(3)15-18)26-13-12-25(16-26)17-27(24,23(4,5)6)21-10-8-7-9-11-21/h7-16H,17H2,1-6H3/q+2. The fourth-order valence-corrected chi connectivity index (χ4v) is 6.57. The minimum atomic E-state index is -1.89. The molecule has 27 heavy (non-hydrogen) atoms. The summed E-state index contributed by atoms with van der Waals surface area (Å²) in [6.45, 7) is 13.3. The summed E-state index contributed by atoms with van der Waals surface area (Å²) in [5, 5.41) is 1.31. The van der Waals surface area contributed by atoms with Crippen molar-refractivity contribution in [1.82, 2.24) is 4.57 Å². The van der Waals surface area contributed by atoms with Crippen LogP contribution in [0.2, 0.25) is 0 Å². The van der Waals surface area contributed by atoms with Crippen LogP contribution in [0.3, 0.4) is 0 Å². The van der Waals surface area contributed by atoms with Crippen molar-refractivity contribution in [3.05, 3.63) is 77.9 Å². The van der Waals surface area contributed by atoms with E-state index >= 15 is 0 Å². The topological polar surface area (TPSA) is 8.81 Å². The molecular formula is C23H30BN2P+2. The molecule has 0 bridgehead atoms. The van der Waals surface area contributed by atoms with Gasteiger partial charge in [0.05, 0.1) is 10.5 Å². The minimum Gasteiger partial charge on any atom is -0.205 e. The third-order valence-corrected chi connectivity index (χ3v) is 9.77. The number of imidazole rings is 1. The molecule has 138 valence electrons. The van der Waals surface area contributed by atoms with Crippen LogP contribution in [0.15, 0.2) is 61.2 Å². The number of hydrogen-bond acceptors (Lipinski definition) is 0. The summed E-state index contributed by atoms with van der Waals surface area (Å²) >= 11 is 0. The second-order valence-electron chi connectivity index (χ2n) is 8.60. The molecule has 1 atom stereocenters. The Bertz CT molecular complexity index is 918. The van der Waals surface area contributed by atoms with Gasteiger partial charge in [-0.05, 0) is 64.8 Å². The molecule has 1 unspecified atom stereocenters. The maximum Gasteiger partial charge on any atom is 0.376 e. The fourth-order valence-electron chi connectivity index (χ4n) is 3.82. The van der Waals surface area contributed by atoms with Gasteiger partial charge in [-0.2, -0.15) is 0 Å². The van der Waals surface area contributed by atoms with Gasteiger partial charge in [-0.15, -0.1) is 0 Å². The van der Waals surface area contributed by atoms with Gasteiger partial charge in [0.1, 0.15) is 18.1 Å². The second-order valence-corrected chi connectivity index (χ2v) is 12.5. The van der Waals surface area contributed by atoms with Crippen molar-refractivity contribution in [2.75, 3.05) is 0 Å². The van der Waals surface area contributed by atoms with E-state index in [1.54, 1.807) is 0 Å². The molecule has 0 aliphatic rings. The Kier molecular flexibility index (Phi) is 5.37. The normalized spacial score (nSPS) is 14.1. The number of nitrogens with zero attached hydrogens (tertiary/aromatic N) is 2. The van der Waals surface area contributed by atoms with Crippen LogP contribution in [-0.4, -0.2) is 17.3 Å². The molecule has 1 heterocycles. The van der Waals surface area contributed by atoms with E-state index < -0.39 is 7.14 Å². The summed E-state index contributed by atoms with van der Waals surface area (Å²) in [5.41, 5.74) is 5.15. The highest BCUT2D eigenvalue weighted by Crippen LogP contribution is 2.63. The van der Waals surface area contributed by atoms with Crippen molar-refractivity contribution in [3.63, 3.8) is 0 Å². The SMILES string of the molecule is [B][P+](C[n+]1ccn(-c2c(C)cc(C)cc2C)c1)(c1ccccc1)C(C)(C)C. The predicted octanol–water partition coefficient (Wildman–Crippen LogP) is 4.87. The molecule has 1 aromatic heterocycles. The third-order valence-electron chi connectivity index (χ3n) is 5.39. The van der Waals surface area contributed by atoms with Crippen molar-refractivity contribution in [3.8, 4) is 5.69 Å². The molecule has 2 radical (unpaired) electrons. The van der Waals surface area contributed by atoms with Crippen LogP contribution >= 0.6 is 7.14 Å². The minimum absolute atomic E-state index is 0.0269. The summed E-state index contributed by atoms with van der Waals surface area (Å²) in [4.78, 5) is 0. The molecule has 0 amide bonds. The Morgan fingerprint density at radius 2 is 1.59 bits per heavy atom. The first-order chi connectivity index (χ1) is 12.6. The zero-order chi connectivity index (χ0) is 19.8. The van der Waals surface area contributed by atoms with E-state index in [0.29, 0.717) is 0 Å². The summed E-state index contributed by atoms with van der Waals surface area (Å²) < 4.78 is 4.48. The van der Waals surface area contributed by atoms with Gasteiger partial charge in [0.2, 0.25) is 0 Å². The first-order valence-electron chi connectivity index (χ1n) is 9.49. The molecule has 0 aliphatic heterocycles. The van der Waals surface area contributed by atoms with E-state index in [2.05, 4.69) is 112 Å². The Balaban J connectivity index is 1.99. The maximum atomic E-state index is 7.14. The quantitative estimate of drug-likeness (QED) is 0.349. The predicted molar refractivity (Wildman–Crippen MR) is 119 cm³/mol. The van der Waals surface area contributed by atoms with Gasteiger partial charge in [-0.25, -0.2) is 9.13 Å². The Labute approximate surface area is 166 Å². The third kappa shape index (κ3) is 3.89. The zero-order valence-electron chi connectivity index (χ0n) is 17.4. The highest BCUT2D eigenvalue weighted by Gasteiger charge is 2.48. The van der Waals surface area contributed by atoms with Crippen molar-refractivity contribution < 1.29 is 4.57 Å². The lowest BCUT2D eigenvalue weighted by atomic mass is 10.1. The van der Waals surface area contributed by atoms with Crippen LogP contribution in [0.4, 0.5) is 0 Å². The second kappa shape index (κ2) is 7.28. The molecular weight excluding hydrogens is 346 g/mol. The Hall–Kier alpha value is -1.86. The zero-order valence-corrected chi connectivity index (χ0v) is 18.3. The first-order valence-corrected chi connectivity index (χ1v) is 11.5. The van der Waals surface area contributed by atoms with Crippen LogP contribution in [0.5, 0.6) is 0 Å². The summed E-state index contributed by atoms with van der Waals surface area (Å²) in [6.07, 6.45) is 7.30. The number of benzene rings is 2. The number of aromatic nitrogens is 2. The van der Waals surface area contributed by atoms with E-state index in [1.165, 1.54) is 27.7 Å².